The van der Waals surface area contributed by atoms with Crippen LogP contribution in [0.2, 0.25) is 5.02 Å². The minimum atomic E-state index is -3.96. The fourth-order valence-corrected chi connectivity index (χ4v) is 3.36. The minimum Gasteiger partial charge on any atom is -0.497 e. The maximum Gasteiger partial charge on any atom is 0.242 e. The zero-order valence-corrected chi connectivity index (χ0v) is 14.5. The molecule has 0 bridgehead atoms. The third-order valence-electron chi connectivity index (χ3n) is 3.41. The first-order valence-corrected chi connectivity index (χ1v) is 8.82. The number of nitrogens with one attached hydrogen (secondary N) is 1. The second kappa shape index (κ2) is 7.19. The smallest absolute Gasteiger partial charge is 0.242 e. The number of hydrogen-bond donors (Lipinski definition) is 1. The summed E-state index contributed by atoms with van der Waals surface area (Å²) in [6.45, 7) is 1.25. The lowest BCUT2D eigenvalue weighted by Gasteiger charge is -2.15. The van der Waals surface area contributed by atoms with Crippen LogP contribution in [0.3, 0.4) is 0 Å². The van der Waals surface area contributed by atoms with E-state index in [9.17, 15) is 17.6 Å². The number of sulfone groups is 1. The van der Waals surface area contributed by atoms with Crippen molar-refractivity contribution < 1.29 is 22.3 Å². The van der Waals surface area contributed by atoms with Gasteiger partial charge in [0.05, 0.1) is 22.7 Å². The molecular weight excluding hydrogens is 357 g/mol. The highest BCUT2D eigenvalue weighted by Gasteiger charge is 2.30. The van der Waals surface area contributed by atoms with Crippen molar-refractivity contribution in [3.05, 3.63) is 53.3 Å². The summed E-state index contributed by atoms with van der Waals surface area (Å²) in [6, 6.07) is 8.90. The molecule has 1 atom stereocenters. The summed E-state index contributed by atoms with van der Waals surface area (Å²) in [4.78, 5) is 12.2. The molecule has 24 heavy (non-hydrogen) atoms. The van der Waals surface area contributed by atoms with Gasteiger partial charge in [-0.1, -0.05) is 11.6 Å². The fourth-order valence-electron chi connectivity index (χ4n) is 1.93. The van der Waals surface area contributed by atoms with E-state index in [0.29, 0.717) is 5.75 Å². The van der Waals surface area contributed by atoms with Crippen molar-refractivity contribution >= 4 is 33.0 Å². The van der Waals surface area contributed by atoms with E-state index in [1.807, 2.05) is 0 Å². The van der Waals surface area contributed by atoms with Gasteiger partial charge in [-0.25, -0.2) is 12.8 Å². The van der Waals surface area contributed by atoms with Gasteiger partial charge < -0.3 is 10.1 Å². The quantitative estimate of drug-likeness (QED) is 0.818. The van der Waals surface area contributed by atoms with E-state index in [-0.39, 0.29) is 15.6 Å². The van der Waals surface area contributed by atoms with Crippen molar-refractivity contribution in [1.29, 1.82) is 0 Å². The molecule has 1 N–H and O–H groups in total. The van der Waals surface area contributed by atoms with E-state index in [2.05, 4.69) is 5.32 Å². The van der Waals surface area contributed by atoms with Crippen LogP contribution < -0.4 is 10.1 Å². The summed E-state index contributed by atoms with van der Waals surface area (Å²) in [5.41, 5.74) is 0.238. The van der Waals surface area contributed by atoms with Crippen LogP contribution >= 0.6 is 11.6 Å². The zero-order valence-electron chi connectivity index (χ0n) is 12.9. The van der Waals surface area contributed by atoms with Gasteiger partial charge in [0.1, 0.15) is 16.8 Å². The van der Waals surface area contributed by atoms with Gasteiger partial charge >= 0.3 is 0 Å². The minimum absolute atomic E-state index is 0.136. The molecule has 0 aromatic heterocycles. The molecule has 0 saturated heterocycles. The van der Waals surface area contributed by atoms with Gasteiger partial charge in [0.2, 0.25) is 5.91 Å². The normalized spacial score (nSPS) is 12.5. The van der Waals surface area contributed by atoms with Gasteiger partial charge in [-0.3, -0.25) is 4.79 Å². The maximum atomic E-state index is 12.9. The molecule has 0 heterocycles. The molecule has 2 aromatic carbocycles. The third-order valence-corrected chi connectivity index (χ3v) is 5.81. The molecule has 0 aliphatic rings. The van der Waals surface area contributed by atoms with E-state index in [1.165, 1.54) is 26.2 Å². The summed E-state index contributed by atoms with van der Waals surface area (Å²) < 4.78 is 42.9. The molecule has 128 valence electrons. The molecule has 0 saturated carbocycles. The van der Waals surface area contributed by atoms with Crippen LogP contribution in [0.15, 0.2) is 47.4 Å². The molecule has 0 fully saturated rings. The Morgan fingerprint density at radius 2 is 1.83 bits per heavy atom. The van der Waals surface area contributed by atoms with Crippen LogP contribution in [-0.2, 0) is 14.6 Å². The van der Waals surface area contributed by atoms with Crippen LogP contribution in [0.1, 0.15) is 6.92 Å². The molecule has 1 unspecified atom stereocenters. The van der Waals surface area contributed by atoms with E-state index in [4.69, 9.17) is 16.3 Å². The molecule has 5 nitrogen and oxygen atoms in total. The largest absolute Gasteiger partial charge is 0.497 e. The molecule has 0 spiro atoms. The van der Waals surface area contributed by atoms with Gasteiger partial charge in [0, 0.05) is 6.07 Å². The molecule has 0 radical (unpaired) electrons. The number of hydrogen-bond acceptors (Lipinski definition) is 4. The Morgan fingerprint density at radius 3 is 2.42 bits per heavy atom. The Hall–Kier alpha value is -2.12. The van der Waals surface area contributed by atoms with Crippen molar-refractivity contribution in [2.24, 2.45) is 0 Å². The molecule has 1 amide bonds. The molecule has 2 aromatic rings. The van der Waals surface area contributed by atoms with Gasteiger partial charge in [-0.2, -0.15) is 0 Å². The van der Waals surface area contributed by atoms with E-state index >= 15 is 0 Å². The number of benzene rings is 2. The highest BCUT2D eigenvalue weighted by molar-refractivity contribution is 7.92. The Morgan fingerprint density at radius 1 is 1.21 bits per heavy atom. The number of rotatable bonds is 5. The maximum absolute atomic E-state index is 12.9. The predicted octanol–water partition coefficient (Wildman–Crippen LogP) is 3.29. The van der Waals surface area contributed by atoms with Gasteiger partial charge in [-0.05, 0) is 43.3 Å². The van der Waals surface area contributed by atoms with Crippen LogP contribution in [-0.4, -0.2) is 26.7 Å². The summed E-state index contributed by atoms with van der Waals surface area (Å²) in [5.74, 6) is -0.854. The topological polar surface area (TPSA) is 72.5 Å². The van der Waals surface area contributed by atoms with Gasteiger partial charge in [0.15, 0.2) is 9.84 Å². The lowest BCUT2D eigenvalue weighted by Crippen LogP contribution is -2.32. The number of amides is 1. The highest BCUT2D eigenvalue weighted by atomic mass is 35.5. The summed E-state index contributed by atoms with van der Waals surface area (Å²) >= 11 is 5.99. The predicted molar refractivity (Wildman–Crippen MR) is 89.7 cm³/mol. The first-order chi connectivity index (χ1) is 11.3. The number of halogens is 2. The van der Waals surface area contributed by atoms with Gasteiger partial charge in [0.25, 0.3) is 0 Å². The monoisotopic (exact) mass is 371 g/mol. The Balaban J connectivity index is 2.24. The van der Waals surface area contributed by atoms with Crippen LogP contribution in [0.25, 0.3) is 0 Å². The third kappa shape index (κ3) is 3.85. The summed E-state index contributed by atoms with van der Waals surface area (Å²) in [5, 5.41) is 1.33. The fraction of sp³-hybridized carbons (Fsp3) is 0.188. The number of methoxy groups -OCH3 is 1. The van der Waals surface area contributed by atoms with Crippen LogP contribution in [0.4, 0.5) is 10.1 Å². The van der Waals surface area contributed by atoms with E-state index in [0.717, 1.165) is 24.3 Å². The zero-order chi connectivity index (χ0) is 17.9. The average Bonchev–Trinajstić information content (AvgIpc) is 2.56. The molecule has 8 heteroatoms. The molecular formula is C16H15ClFNO4S. The SMILES string of the molecule is COc1ccc(Cl)c(NC(=O)C(C)S(=O)(=O)c2ccc(F)cc2)c1. The van der Waals surface area contributed by atoms with Crippen molar-refractivity contribution in [3.8, 4) is 5.75 Å². The standard InChI is InChI=1S/C16H15ClFNO4S/c1-10(24(21,22)13-6-3-11(18)4-7-13)16(20)19-15-9-12(23-2)5-8-14(15)17/h3-10H,1-2H3,(H,19,20). The average molecular weight is 372 g/mol. The van der Waals surface area contributed by atoms with E-state index in [1.54, 1.807) is 6.07 Å². The first-order valence-electron chi connectivity index (χ1n) is 6.89. The summed E-state index contributed by atoms with van der Waals surface area (Å²) in [7, 11) is -2.50. The number of carbonyl (C=O) groups is 1. The molecule has 0 aliphatic carbocycles. The number of carbonyl (C=O) groups excluding carboxylic acids is 1. The van der Waals surface area contributed by atoms with Crippen molar-refractivity contribution in [1.82, 2.24) is 0 Å². The van der Waals surface area contributed by atoms with Crippen LogP contribution in [0, 0.1) is 5.82 Å². The first kappa shape index (κ1) is 18.2. The highest BCUT2D eigenvalue weighted by Crippen LogP contribution is 2.27. The molecule has 2 rings (SSSR count). The Labute approximate surface area is 144 Å². The Kier molecular flexibility index (Phi) is 5.46. The second-order valence-electron chi connectivity index (χ2n) is 4.98. The van der Waals surface area contributed by atoms with Crippen molar-refractivity contribution in [2.75, 3.05) is 12.4 Å². The van der Waals surface area contributed by atoms with Gasteiger partial charge in [-0.15, -0.1) is 0 Å². The second-order valence-corrected chi connectivity index (χ2v) is 7.65. The summed E-state index contributed by atoms with van der Waals surface area (Å²) in [6.07, 6.45) is 0. The molecule has 0 aliphatic heterocycles. The Bertz CT molecular complexity index is 853. The number of anilines is 1. The number of ether oxygens (including phenoxy) is 1. The lowest BCUT2D eigenvalue weighted by molar-refractivity contribution is -0.115. The van der Waals surface area contributed by atoms with Crippen molar-refractivity contribution in [2.45, 2.75) is 17.1 Å². The van der Waals surface area contributed by atoms with Crippen molar-refractivity contribution in [3.63, 3.8) is 0 Å². The van der Waals surface area contributed by atoms with Crippen LogP contribution in [0.5, 0.6) is 5.75 Å². The van der Waals surface area contributed by atoms with E-state index < -0.39 is 26.8 Å². The lowest BCUT2D eigenvalue weighted by atomic mass is 10.3.